The van der Waals surface area contributed by atoms with E-state index in [2.05, 4.69) is 9.97 Å². The van der Waals surface area contributed by atoms with Crippen molar-refractivity contribution in [2.24, 2.45) is 0 Å². The molecule has 2 aromatic rings. The van der Waals surface area contributed by atoms with Crippen LogP contribution in [0.1, 0.15) is 0 Å². The molecular formula is C10H11N3O2. The fraction of sp³-hybridized carbons (Fsp3) is 0.100. The summed E-state index contributed by atoms with van der Waals surface area (Å²) in [6.45, 7) is 0. The number of aromatic nitrogens is 2. The molecule has 4 N–H and O–H groups in total. The number of nitrogens with zero attached hydrogens (tertiary/aromatic N) is 1. The number of nitrogen functional groups attached to an aromatic ring is 1. The van der Waals surface area contributed by atoms with Crippen molar-refractivity contribution in [1.29, 1.82) is 0 Å². The van der Waals surface area contributed by atoms with Crippen LogP contribution in [-0.2, 0) is 0 Å². The average molecular weight is 205 g/mol. The van der Waals surface area contributed by atoms with Crippen LogP contribution in [0.15, 0.2) is 24.4 Å². The highest BCUT2D eigenvalue weighted by molar-refractivity contribution is 5.70. The second-order valence-corrected chi connectivity index (χ2v) is 3.04. The highest BCUT2D eigenvalue weighted by Crippen LogP contribution is 2.35. The number of hydrogen-bond acceptors (Lipinski definition) is 4. The number of hydrogen-bond donors (Lipinski definition) is 3. The Balaban J connectivity index is 2.53. The third-order valence-electron chi connectivity index (χ3n) is 2.10. The highest BCUT2D eigenvalue weighted by atomic mass is 16.5. The monoisotopic (exact) mass is 205 g/mol. The highest BCUT2D eigenvalue weighted by Gasteiger charge is 2.10. The summed E-state index contributed by atoms with van der Waals surface area (Å²) in [6, 6.07) is 5.22. The topological polar surface area (TPSA) is 84.2 Å². The molecule has 0 bridgehead atoms. The van der Waals surface area contributed by atoms with E-state index in [0.29, 0.717) is 23.0 Å². The molecule has 0 atom stereocenters. The second-order valence-electron chi connectivity index (χ2n) is 3.04. The molecule has 1 heterocycles. The van der Waals surface area contributed by atoms with Gasteiger partial charge in [-0.05, 0) is 12.1 Å². The van der Waals surface area contributed by atoms with Crippen LogP contribution in [-0.4, -0.2) is 22.2 Å². The Morgan fingerprint density at radius 1 is 1.47 bits per heavy atom. The van der Waals surface area contributed by atoms with Crippen LogP contribution >= 0.6 is 0 Å². The molecule has 1 aromatic carbocycles. The Morgan fingerprint density at radius 3 is 2.87 bits per heavy atom. The van der Waals surface area contributed by atoms with Crippen molar-refractivity contribution in [1.82, 2.24) is 9.97 Å². The van der Waals surface area contributed by atoms with Crippen molar-refractivity contribution in [3.05, 3.63) is 24.4 Å². The number of nitrogens with one attached hydrogen (secondary N) is 1. The summed E-state index contributed by atoms with van der Waals surface area (Å²) < 4.78 is 5.00. The van der Waals surface area contributed by atoms with E-state index in [0.717, 1.165) is 0 Å². The number of para-hydroxylation sites is 1. The smallest absolute Gasteiger partial charge is 0.197 e. The number of methoxy groups -OCH3 is 1. The van der Waals surface area contributed by atoms with E-state index >= 15 is 0 Å². The van der Waals surface area contributed by atoms with Crippen LogP contribution in [0.5, 0.6) is 11.5 Å². The molecule has 0 fully saturated rings. The van der Waals surface area contributed by atoms with Crippen molar-refractivity contribution >= 4 is 5.95 Å². The Bertz CT molecular complexity index is 479. The number of imidazole rings is 1. The predicted octanol–water partition coefficient (Wildman–Crippen LogP) is 1.37. The van der Waals surface area contributed by atoms with Gasteiger partial charge in [-0.15, -0.1) is 0 Å². The molecule has 0 saturated carbocycles. The van der Waals surface area contributed by atoms with Gasteiger partial charge in [0.2, 0.25) is 0 Å². The van der Waals surface area contributed by atoms with Crippen LogP contribution in [0.25, 0.3) is 11.3 Å². The van der Waals surface area contributed by atoms with E-state index in [1.807, 2.05) is 0 Å². The first-order chi connectivity index (χ1) is 7.22. The van der Waals surface area contributed by atoms with E-state index in [-0.39, 0.29) is 5.75 Å². The fourth-order valence-corrected chi connectivity index (χ4v) is 1.38. The van der Waals surface area contributed by atoms with Crippen molar-refractivity contribution in [3.8, 4) is 22.8 Å². The van der Waals surface area contributed by atoms with Crippen molar-refractivity contribution in [3.63, 3.8) is 0 Å². The number of H-pyrrole nitrogens is 1. The van der Waals surface area contributed by atoms with Gasteiger partial charge in [0.25, 0.3) is 0 Å². The maximum absolute atomic E-state index is 9.84. The molecule has 2 rings (SSSR count). The second kappa shape index (κ2) is 3.53. The number of anilines is 1. The minimum atomic E-state index is 0.0728. The van der Waals surface area contributed by atoms with Crippen LogP contribution in [0, 0.1) is 0 Å². The van der Waals surface area contributed by atoms with Gasteiger partial charge in [0.1, 0.15) is 0 Å². The van der Waals surface area contributed by atoms with Gasteiger partial charge in [0.15, 0.2) is 17.4 Å². The number of phenols is 1. The van der Waals surface area contributed by atoms with Crippen molar-refractivity contribution in [2.75, 3.05) is 12.8 Å². The molecule has 0 amide bonds. The molecular weight excluding hydrogens is 194 g/mol. The summed E-state index contributed by atoms with van der Waals surface area (Å²) in [6.07, 6.45) is 1.56. The molecule has 0 saturated heterocycles. The van der Waals surface area contributed by atoms with Crippen molar-refractivity contribution in [2.45, 2.75) is 0 Å². The van der Waals surface area contributed by atoms with Gasteiger partial charge in [-0.2, -0.15) is 0 Å². The number of aromatic hydroxyl groups is 1. The lowest BCUT2D eigenvalue weighted by Gasteiger charge is -2.06. The lowest BCUT2D eigenvalue weighted by atomic mass is 10.1. The zero-order valence-corrected chi connectivity index (χ0v) is 8.19. The standard InChI is InChI=1S/C10H11N3O2/c1-15-8-4-2-3-6(9(8)14)7-5-12-10(11)13-7/h2-5,14H,1H3,(H3,11,12,13). The molecule has 5 heteroatoms. The zero-order chi connectivity index (χ0) is 10.8. The lowest BCUT2D eigenvalue weighted by molar-refractivity contribution is 0.374. The van der Waals surface area contributed by atoms with E-state index in [4.69, 9.17) is 10.5 Å². The molecule has 15 heavy (non-hydrogen) atoms. The summed E-state index contributed by atoms with van der Waals surface area (Å²) in [5.41, 5.74) is 6.72. The first kappa shape index (κ1) is 9.39. The first-order valence-corrected chi connectivity index (χ1v) is 4.39. The Kier molecular flexibility index (Phi) is 2.21. The predicted molar refractivity (Wildman–Crippen MR) is 56.7 cm³/mol. The summed E-state index contributed by atoms with van der Waals surface area (Å²) in [5.74, 6) is 0.802. The van der Waals surface area contributed by atoms with Gasteiger partial charge >= 0.3 is 0 Å². The van der Waals surface area contributed by atoms with Crippen LogP contribution in [0.2, 0.25) is 0 Å². The van der Waals surface area contributed by atoms with E-state index < -0.39 is 0 Å². The largest absolute Gasteiger partial charge is 0.504 e. The summed E-state index contributed by atoms with van der Waals surface area (Å²) in [7, 11) is 1.50. The SMILES string of the molecule is COc1cccc(-c2cnc(N)[nH]2)c1O. The number of ether oxygens (including phenoxy) is 1. The summed E-state index contributed by atoms with van der Waals surface area (Å²) in [5, 5.41) is 9.84. The summed E-state index contributed by atoms with van der Waals surface area (Å²) >= 11 is 0. The van der Waals surface area contributed by atoms with Crippen molar-refractivity contribution < 1.29 is 9.84 Å². The molecule has 78 valence electrons. The Morgan fingerprint density at radius 2 is 2.27 bits per heavy atom. The maximum Gasteiger partial charge on any atom is 0.197 e. The molecule has 1 aromatic heterocycles. The Hall–Kier alpha value is -2.17. The first-order valence-electron chi connectivity index (χ1n) is 4.39. The number of aromatic amines is 1. The van der Waals surface area contributed by atoms with E-state index in [1.54, 1.807) is 24.4 Å². The number of rotatable bonds is 2. The fourth-order valence-electron chi connectivity index (χ4n) is 1.38. The minimum absolute atomic E-state index is 0.0728. The van der Waals surface area contributed by atoms with Gasteiger partial charge in [-0.25, -0.2) is 4.98 Å². The van der Waals surface area contributed by atoms with Gasteiger partial charge < -0.3 is 20.6 Å². The van der Waals surface area contributed by atoms with Crippen LogP contribution in [0.3, 0.4) is 0 Å². The molecule has 5 nitrogen and oxygen atoms in total. The third-order valence-corrected chi connectivity index (χ3v) is 2.10. The van der Waals surface area contributed by atoms with Gasteiger partial charge in [0, 0.05) is 5.56 Å². The number of phenolic OH excluding ortho intramolecular Hbond substituents is 1. The van der Waals surface area contributed by atoms with Crippen LogP contribution < -0.4 is 10.5 Å². The van der Waals surface area contributed by atoms with Gasteiger partial charge in [0.05, 0.1) is 19.0 Å². The average Bonchev–Trinajstić information content (AvgIpc) is 2.65. The molecule has 0 unspecified atom stereocenters. The lowest BCUT2D eigenvalue weighted by Crippen LogP contribution is -1.87. The molecule has 0 radical (unpaired) electrons. The Labute approximate surface area is 86.5 Å². The van der Waals surface area contributed by atoms with Gasteiger partial charge in [-0.1, -0.05) is 6.07 Å². The molecule has 0 aliphatic carbocycles. The van der Waals surface area contributed by atoms with E-state index in [1.165, 1.54) is 7.11 Å². The minimum Gasteiger partial charge on any atom is -0.504 e. The number of nitrogens with two attached hydrogens (primary N) is 1. The quantitative estimate of drug-likeness (QED) is 0.691. The molecule has 0 spiro atoms. The number of benzene rings is 1. The van der Waals surface area contributed by atoms with Crippen LogP contribution in [0.4, 0.5) is 5.95 Å². The van der Waals surface area contributed by atoms with E-state index in [9.17, 15) is 5.11 Å². The normalized spacial score (nSPS) is 10.2. The molecule has 0 aliphatic rings. The molecule has 0 aliphatic heterocycles. The maximum atomic E-state index is 9.84. The summed E-state index contributed by atoms with van der Waals surface area (Å²) in [4.78, 5) is 6.70. The third kappa shape index (κ3) is 1.59. The zero-order valence-electron chi connectivity index (χ0n) is 8.19. The van der Waals surface area contributed by atoms with Gasteiger partial charge in [-0.3, -0.25) is 0 Å².